The molecule has 176 valence electrons. The second kappa shape index (κ2) is 9.35. The summed E-state index contributed by atoms with van der Waals surface area (Å²) in [4.78, 5) is 13.5. The molecule has 0 aromatic heterocycles. The van der Waals surface area contributed by atoms with Gasteiger partial charge in [-0.15, -0.1) is 0 Å². The van der Waals surface area contributed by atoms with E-state index in [-0.39, 0.29) is 17.8 Å². The molecule has 0 saturated heterocycles. The van der Waals surface area contributed by atoms with Crippen molar-refractivity contribution in [1.82, 2.24) is 0 Å². The summed E-state index contributed by atoms with van der Waals surface area (Å²) in [7, 11) is -2.53. The Kier molecular flexibility index (Phi) is 6.09. The summed E-state index contributed by atoms with van der Waals surface area (Å²) < 4.78 is 31.4. The zero-order chi connectivity index (χ0) is 24.4. The Morgan fingerprint density at radius 2 is 1.60 bits per heavy atom. The topological polar surface area (TPSA) is 84.5 Å². The van der Waals surface area contributed by atoms with Crippen LogP contribution in [0.1, 0.15) is 28.4 Å². The number of nitrogen functional groups attached to an aromatic ring is 1. The minimum atomic E-state index is -2.53. The number of hydrogen-bond donors (Lipinski definition) is 2. The third kappa shape index (κ3) is 4.81. The van der Waals surface area contributed by atoms with Crippen molar-refractivity contribution in [3.63, 3.8) is 0 Å². The van der Waals surface area contributed by atoms with Crippen LogP contribution in [0.2, 0.25) is 0 Å². The van der Waals surface area contributed by atoms with Gasteiger partial charge in [0.15, 0.2) is 0 Å². The van der Waals surface area contributed by atoms with Gasteiger partial charge in [0.25, 0.3) is 5.91 Å². The first-order valence-electron chi connectivity index (χ1n) is 11.3. The molecule has 7 heteroatoms. The van der Waals surface area contributed by atoms with Crippen molar-refractivity contribution in [3.8, 4) is 11.1 Å². The van der Waals surface area contributed by atoms with Gasteiger partial charge in [-0.2, -0.15) is 0 Å². The minimum absolute atomic E-state index is 0.0805. The summed E-state index contributed by atoms with van der Waals surface area (Å²) in [6, 6.07) is 27.9. The van der Waals surface area contributed by atoms with Crippen LogP contribution in [0.3, 0.4) is 0 Å². The molecule has 0 bridgehead atoms. The zero-order valence-electron chi connectivity index (χ0n) is 18.9. The lowest BCUT2D eigenvalue weighted by molar-refractivity contribution is 0.102. The van der Waals surface area contributed by atoms with Crippen molar-refractivity contribution in [1.29, 1.82) is 0 Å². The van der Waals surface area contributed by atoms with Gasteiger partial charge >= 0.3 is 0 Å². The van der Waals surface area contributed by atoms with Crippen LogP contribution in [0.25, 0.3) is 11.1 Å². The molecule has 5 rings (SSSR count). The molecule has 0 saturated carbocycles. The van der Waals surface area contributed by atoms with E-state index >= 15 is 0 Å². The number of halogens is 1. The lowest BCUT2D eigenvalue weighted by Gasteiger charge is -2.11. The van der Waals surface area contributed by atoms with E-state index in [9.17, 15) is 13.4 Å². The maximum atomic E-state index is 13.5. The van der Waals surface area contributed by atoms with Crippen molar-refractivity contribution in [2.45, 2.75) is 17.4 Å². The maximum Gasteiger partial charge on any atom is 0.255 e. The second-order valence-corrected chi connectivity index (χ2v) is 10.8. The van der Waals surface area contributed by atoms with Crippen LogP contribution < -0.4 is 11.1 Å². The molecule has 1 aliphatic heterocycles. The SMILES string of the molecule is Nc1ccc(-c2ccc(F)cc2)cc1NC(=O)c1ccc([S@]2(=O)=N[C@@H](c3ccccc3)CC2)cc1. The molecule has 0 radical (unpaired) electrons. The highest BCUT2D eigenvalue weighted by Crippen LogP contribution is 2.34. The molecule has 35 heavy (non-hydrogen) atoms. The number of rotatable bonds is 5. The molecule has 0 fully saturated rings. The molecule has 0 aliphatic carbocycles. The fourth-order valence-corrected chi connectivity index (χ4v) is 6.37. The van der Waals surface area contributed by atoms with Crippen molar-refractivity contribution in [2.24, 2.45) is 4.36 Å². The molecule has 3 N–H and O–H groups in total. The van der Waals surface area contributed by atoms with Crippen LogP contribution in [-0.2, 0) is 9.73 Å². The number of nitrogens with two attached hydrogens (primary N) is 1. The lowest BCUT2D eigenvalue weighted by atomic mass is 10.0. The normalized spacial score (nSPS) is 19.2. The third-order valence-corrected chi connectivity index (χ3v) is 8.51. The van der Waals surface area contributed by atoms with Crippen LogP contribution in [-0.4, -0.2) is 15.9 Å². The summed E-state index contributed by atoms with van der Waals surface area (Å²) in [5.74, 6) is -0.158. The van der Waals surface area contributed by atoms with Crippen LogP contribution in [0.15, 0.2) is 106 Å². The first-order chi connectivity index (χ1) is 16.9. The molecule has 1 heterocycles. The van der Waals surface area contributed by atoms with Crippen molar-refractivity contribution >= 4 is 27.0 Å². The minimum Gasteiger partial charge on any atom is -0.397 e. The molecule has 0 unspecified atom stereocenters. The number of carbonyl (C=O) groups is 1. The van der Waals surface area contributed by atoms with E-state index in [1.165, 1.54) is 12.1 Å². The van der Waals surface area contributed by atoms with Crippen molar-refractivity contribution < 1.29 is 13.4 Å². The molecular formula is C28H24FN3O2S. The monoisotopic (exact) mass is 485 g/mol. The third-order valence-electron chi connectivity index (χ3n) is 6.11. The van der Waals surface area contributed by atoms with Gasteiger partial charge in [0.05, 0.1) is 27.1 Å². The number of nitrogens with one attached hydrogen (secondary N) is 1. The van der Waals surface area contributed by atoms with Gasteiger partial charge in [0.2, 0.25) is 0 Å². The van der Waals surface area contributed by atoms with Gasteiger partial charge < -0.3 is 11.1 Å². The number of nitrogens with zero attached hydrogens (tertiary/aromatic N) is 1. The smallest absolute Gasteiger partial charge is 0.255 e. The van der Waals surface area contributed by atoms with E-state index in [0.29, 0.717) is 27.6 Å². The lowest BCUT2D eigenvalue weighted by Crippen LogP contribution is -2.13. The summed E-state index contributed by atoms with van der Waals surface area (Å²) in [5, 5.41) is 2.84. The van der Waals surface area contributed by atoms with E-state index in [1.807, 2.05) is 36.4 Å². The fraction of sp³-hybridized carbons (Fsp3) is 0.107. The number of hydrogen-bond acceptors (Lipinski definition) is 4. The van der Waals surface area contributed by atoms with Gasteiger partial charge in [0, 0.05) is 16.2 Å². The van der Waals surface area contributed by atoms with Crippen LogP contribution >= 0.6 is 0 Å². The number of carbonyl (C=O) groups excluding carboxylic acids is 1. The summed E-state index contributed by atoms with van der Waals surface area (Å²) in [6.45, 7) is 0. The van der Waals surface area contributed by atoms with Crippen LogP contribution in [0.4, 0.5) is 15.8 Å². The second-order valence-electron chi connectivity index (χ2n) is 8.45. The van der Waals surface area contributed by atoms with E-state index < -0.39 is 9.73 Å². The Bertz CT molecular complexity index is 1490. The van der Waals surface area contributed by atoms with E-state index in [2.05, 4.69) is 9.68 Å². The Morgan fingerprint density at radius 1 is 0.914 bits per heavy atom. The molecule has 5 nitrogen and oxygen atoms in total. The first-order valence-corrected chi connectivity index (χ1v) is 13.0. The Hall–Kier alpha value is -3.97. The van der Waals surface area contributed by atoms with Crippen LogP contribution in [0, 0.1) is 5.82 Å². The fourth-order valence-electron chi connectivity index (χ4n) is 4.16. The standard InChI is InChI=1S/C28H24FN3O2S/c29-23-11-6-19(7-12-23)22-10-15-25(30)27(18-22)31-28(33)21-8-13-24(14-9-21)35(34)17-16-26(32-35)20-4-2-1-3-5-20/h1-15,18,26H,16-17,30H2,(H,31,33)/t26-,35+/m1/s1. The molecule has 4 aromatic rings. The molecule has 0 spiro atoms. The molecule has 1 aliphatic rings. The molecular weight excluding hydrogens is 461 g/mol. The number of anilines is 2. The number of benzene rings is 4. The Morgan fingerprint density at radius 3 is 2.31 bits per heavy atom. The van der Waals surface area contributed by atoms with Gasteiger partial charge in [-0.25, -0.2) is 13.0 Å². The van der Waals surface area contributed by atoms with E-state index in [4.69, 9.17) is 5.73 Å². The number of amides is 1. The van der Waals surface area contributed by atoms with E-state index in [0.717, 1.165) is 23.1 Å². The predicted octanol–water partition coefficient (Wildman–Crippen LogP) is 6.30. The van der Waals surface area contributed by atoms with Crippen molar-refractivity contribution in [3.05, 3.63) is 114 Å². The summed E-state index contributed by atoms with van der Waals surface area (Å²) >= 11 is 0. The largest absolute Gasteiger partial charge is 0.397 e. The predicted molar refractivity (Wildman–Crippen MR) is 138 cm³/mol. The summed E-state index contributed by atoms with van der Waals surface area (Å²) in [6.07, 6.45) is 0.731. The van der Waals surface area contributed by atoms with Gasteiger partial charge in [-0.05, 0) is 71.6 Å². The maximum absolute atomic E-state index is 13.5. The first kappa shape index (κ1) is 22.8. The van der Waals surface area contributed by atoms with Crippen LogP contribution in [0.5, 0.6) is 0 Å². The molecule has 2 atom stereocenters. The average Bonchev–Trinajstić information content (AvgIpc) is 3.30. The summed E-state index contributed by atoms with van der Waals surface area (Å²) in [5.41, 5.74) is 10.1. The van der Waals surface area contributed by atoms with E-state index in [1.54, 1.807) is 48.5 Å². The van der Waals surface area contributed by atoms with Crippen molar-refractivity contribution in [2.75, 3.05) is 16.8 Å². The highest BCUT2D eigenvalue weighted by Gasteiger charge is 2.26. The Labute approximate surface area is 204 Å². The van der Waals surface area contributed by atoms with Gasteiger partial charge in [-0.3, -0.25) is 4.79 Å². The molecule has 1 amide bonds. The van der Waals surface area contributed by atoms with Gasteiger partial charge in [-0.1, -0.05) is 48.5 Å². The molecule has 4 aromatic carbocycles. The Balaban J connectivity index is 1.34. The van der Waals surface area contributed by atoms with Gasteiger partial charge in [0.1, 0.15) is 5.82 Å². The average molecular weight is 486 g/mol. The quantitative estimate of drug-likeness (QED) is 0.325. The highest BCUT2D eigenvalue weighted by molar-refractivity contribution is 7.93. The highest BCUT2D eigenvalue weighted by atomic mass is 32.2. The zero-order valence-corrected chi connectivity index (χ0v) is 19.7.